The van der Waals surface area contributed by atoms with Crippen LogP contribution in [0.15, 0.2) is 96.1 Å². The first-order chi connectivity index (χ1) is 21.2. The van der Waals surface area contributed by atoms with Gasteiger partial charge in [-0.15, -0.1) is 0 Å². The number of halogens is 2. The van der Waals surface area contributed by atoms with Gasteiger partial charge in [0.25, 0.3) is 11.8 Å². The van der Waals surface area contributed by atoms with Gasteiger partial charge in [0, 0.05) is 11.4 Å². The van der Waals surface area contributed by atoms with Crippen LogP contribution in [-0.2, 0) is 22.6 Å². The summed E-state index contributed by atoms with van der Waals surface area (Å²) < 4.78 is 17.2. The highest BCUT2D eigenvalue weighted by molar-refractivity contribution is 6.35. The molecule has 0 spiro atoms. The number of rotatable bonds is 13. The molecule has 4 aromatic carbocycles. The smallest absolute Gasteiger partial charge is 0.262 e. The molecule has 44 heavy (non-hydrogen) atoms. The zero-order valence-electron chi connectivity index (χ0n) is 24.6. The Bertz CT molecular complexity index is 1600. The van der Waals surface area contributed by atoms with Crippen LogP contribution in [0.1, 0.15) is 29.2 Å². The first kappa shape index (κ1) is 32.4. The molecule has 0 aliphatic heterocycles. The Kier molecular flexibility index (Phi) is 11.6. The SMILES string of the molecule is COc1cc(/C=N\NC(=O)[C@@H](Cc2ccccc2)NC(=O)[C@@H](C)Oc2ccc(Cl)cc2Cl)ccc1OCc1ccc(C)cc1. The normalized spacial score (nSPS) is 12.3. The zero-order valence-corrected chi connectivity index (χ0v) is 26.1. The molecular weight excluding hydrogens is 601 g/mol. The Balaban J connectivity index is 1.40. The Morgan fingerprint density at radius 3 is 2.30 bits per heavy atom. The van der Waals surface area contributed by atoms with E-state index in [1.807, 2.05) is 61.5 Å². The minimum absolute atomic E-state index is 0.239. The van der Waals surface area contributed by atoms with Gasteiger partial charge in [0.1, 0.15) is 18.4 Å². The second-order valence-corrected chi connectivity index (χ2v) is 10.8. The van der Waals surface area contributed by atoms with E-state index in [0.29, 0.717) is 34.4 Å². The third-order valence-corrected chi connectivity index (χ3v) is 7.10. The van der Waals surface area contributed by atoms with Gasteiger partial charge in [-0.2, -0.15) is 5.10 Å². The van der Waals surface area contributed by atoms with Crippen molar-refractivity contribution in [2.75, 3.05) is 7.11 Å². The molecule has 10 heteroatoms. The third-order valence-electron chi connectivity index (χ3n) is 6.57. The highest BCUT2D eigenvalue weighted by Crippen LogP contribution is 2.29. The summed E-state index contributed by atoms with van der Waals surface area (Å²) in [5, 5.41) is 7.60. The molecule has 0 heterocycles. The van der Waals surface area contributed by atoms with Crippen molar-refractivity contribution >= 4 is 41.2 Å². The van der Waals surface area contributed by atoms with Gasteiger partial charge in [-0.1, -0.05) is 83.4 Å². The van der Waals surface area contributed by atoms with Crippen molar-refractivity contribution in [2.45, 2.75) is 39.0 Å². The summed E-state index contributed by atoms with van der Waals surface area (Å²) in [7, 11) is 1.55. The molecule has 0 unspecified atom stereocenters. The average Bonchev–Trinajstić information content (AvgIpc) is 3.02. The van der Waals surface area contributed by atoms with Crippen LogP contribution in [-0.4, -0.2) is 37.3 Å². The van der Waals surface area contributed by atoms with Crippen LogP contribution in [0.4, 0.5) is 0 Å². The predicted molar refractivity (Wildman–Crippen MR) is 173 cm³/mol. The molecule has 228 valence electrons. The van der Waals surface area contributed by atoms with Gasteiger partial charge in [-0.3, -0.25) is 9.59 Å². The fraction of sp³-hybridized carbons (Fsp3) is 0.206. The molecule has 0 saturated carbocycles. The van der Waals surface area contributed by atoms with E-state index in [4.69, 9.17) is 37.4 Å². The molecule has 4 aromatic rings. The van der Waals surface area contributed by atoms with E-state index >= 15 is 0 Å². The zero-order chi connectivity index (χ0) is 31.5. The lowest BCUT2D eigenvalue weighted by Gasteiger charge is -2.21. The highest BCUT2D eigenvalue weighted by atomic mass is 35.5. The minimum Gasteiger partial charge on any atom is -0.493 e. The number of hydrazone groups is 1. The standard InChI is InChI=1S/C34H33Cl2N3O5/c1-22-9-11-25(12-10-22)21-43-31-15-13-26(18-32(31)42-3)20-37-39-34(41)29(17-24-7-5-4-6-8-24)38-33(40)23(2)44-30-16-14-27(35)19-28(30)36/h4-16,18-20,23,29H,17,21H2,1-3H3,(H,38,40)(H,39,41)/b37-20-/t23-,29-/m1/s1. The number of carbonyl (C=O) groups is 2. The number of carbonyl (C=O) groups excluding carboxylic acids is 2. The molecule has 2 N–H and O–H groups in total. The number of ether oxygens (including phenoxy) is 3. The minimum atomic E-state index is -0.942. The molecule has 0 radical (unpaired) electrons. The van der Waals surface area contributed by atoms with Gasteiger partial charge in [0.05, 0.1) is 18.3 Å². The fourth-order valence-electron chi connectivity index (χ4n) is 4.14. The number of benzene rings is 4. The number of hydrogen-bond acceptors (Lipinski definition) is 6. The van der Waals surface area contributed by atoms with Crippen molar-refractivity contribution < 1.29 is 23.8 Å². The van der Waals surface area contributed by atoms with E-state index in [9.17, 15) is 9.59 Å². The Hall–Kier alpha value is -4.53. The Morgan fingerprint density at radius 1 is 0.864 bits per heavy atom. The maximum atomic E-state index is 13.2. The van der Waals surface area contributed by atoms with Crippen LogP contribution in [0.2, 0.25) is 10.0 Å². The molecule has 0 aromatic heterocycles. The maximum absolute atomic E-state index is 13.2. The second-order valence-electron chi connectivity index (χ2n) is 10.0. The molecule has 0 saturated heterocycles. The summed E-state index contributed by atoms with van der Waals surface area (Å²) in [6.07, 6.45) is 0.783. The summed E-state index contributed by atoms with van der Waals surface area (Å²) in [5.41, 5.74) is 6.29. The van der Waals surface area contributed by atoms with Gasteiger partial charge in [0.2, 0.25) is 0 Å². The molecule has 0 aliphatic rings. The Morgan fingerprint density at radius 2 is 1.59 bits per heavy atom. The first-order valence-electron chi connectivity index (χ1n) is 13.9. The number of hydrogen-bond donors (Lipinski definition) is 2. The molecular formula is C34H33Cl2N3O5. The molecule has 0 bridgehead atoms. The molecule has 0 aliphatic carbocycles. The van der Waals surface area contributed by atoms with E-state index in [-0.39, 0.29) is 11.4 Å². The summed E-state index contributed by atoms with van der Waals surface area (Å²) in [6, 6.07) is 26.6. The number of nitrogens with one attached hydrogen (secondary N) is 2. The average molecular weight is 635 g/mol. The van der Waals surface area contributed by atoms with Crippen LogP contribution in [0.3, 0.4) is 0 Å². The van der Waals surface area contributed by atoms with Gasteiger partial charge in [0.15, 0.2) is 17.6 Å². The lowest BCUT2D eigenvalue weighted by atomic mass is 10.1. The number of methoxy groups -OCH3 is 1. The summed E-state index contributed by atoms with van der Waals surface area (Å²) in [6.45, 7) is 3.99. The van der Waals surface area contributed by atoms with Gasteiger partial charge >= 0.3 is 0 Å². The van der Waals surface area contributed by atoms with Crippen LogP contribution in [0, 0.1) is 6.92 Å². The maximum Gasteiger partial charge on any atom is 0.262 e. The summed E-state index contributed by atoms with van der Waals surface area (Å²) in [5.74, 6) is 0.407. The van der Waals surface area contributed by atoms with E-state index in [1.165, 1.54) is 17.8 Å². The molecule has 2 amide bonds. The van der Waals surface area contributed by atoms with Crippen molar-refractivity contribution in [3.8, 4) is 17.2 Å². The van der Waals surface area contributed by atoms with Crippen molar-refractivity contribution in [3.63, 3.8) is 0 Å². The molecule has 8 nitrogen and oxygen atoms in total. The third kappa shape index (κ3) is 9.49. The van der Waals surface area contributed by atoms with Crippen molar-refractivity contribution in [1.29, 1.82) is 0 Å². The topological polar surface area (TPSA) is 98.2 Å². The van der Waals surface area contributed by atoms with Crippen LogP contribution < -0.4 is 25.0 Å². The van der Waals surface area contributed by atoms with E-state index in [1.54, 1.807) is 44.4 Å². The van der Waals surface area contributed by atoms with Crippen molar-refractivity contribution in [1.82, 2.24) is 10.7 Å². The predicted octanol–water partition coefficient (Wildman–Crippen LogP) is 6.53. The quantitative estimate of drug-likeness (QED) is 0.129. The number of nitrogens with zero attached hydrogens (tertiary/aromatic N) is 1. The van der Waals surface area contributed by atoms with Gasteiger partial charge < -0.3 is 19.5 Å². The molecule has 4 rings (SSSR count). The molecule has 0 fully saturated rings. The van der Waals surface area contributed by atoms with Crippen molar-refractivity contribution in [2.24, 2.45) is 5.10 Å². The fourth-order valence-corrected chi connectivity index (χ4v) is 4.59. The van der Waals surface area contributed by atoms with E-state index in [2.05, 4.69) is 15.8 Å². The highest BCUT2D eigenvalue weighted by Gasteiger charge is 2.25. The molecule has 2 atom stereocenters. The van der Waals surface area contributed by atoms with Gasteiger partial charge in [-0.05, 0) is 66.9 Å². The Labute approximate surface area is 266 Å². The second kappa shape index (κ2) is 15.8. The number of aryl methyl sites for hydroxylation is 1. The van der Waals surface area contributed by atoms with E-state index < -0.39 is 24.0 Å². The van der Waals surface area contributed by atoms with Crippen molar-refractivity contribution in [3.05, 3.63) is 123 Å². The first-order valence-corrected chi connectivity index (χ1v) is 14.6. The van der Waals surface area contributed by atoms with Crippen LogP contribution in [0.5, 0.6) is 17.2 Å². The van der Waals surface area contributed by atoms with Gasteiger partial charge in [-0.25, -0.2) is 5.43 Å². The van der Waals surface area contributed by atoms with Crippen LogP contribution >= 0.6 is 23.2 Å². The monoisotopic (exact) mass is 633 g/mol. The lowest BCUT2D eigenvalue weighted by molar-refractivity contribution is -0.132. The summed E-state index contributed by atoms with van der Waals surface area (Å²) >= 11 is 12.1. The number of amides is 2. The van der Waals surface area contributed by atoms with Crippen LogP contribution in [0.25, 0.3) is 0 Å². The lowest BCUT2D eigenvalue weighted by Crippen LogP contribution is -2.50. The summed E-state index contributed by atoms with van der Waals surface area (Å²) in [4.78, 5) is 26.2. The largest absolute Gasteiger partial charge is 0.493 e. The van der Waals surface area contributed by atoms with E-state index in [0.717, 1.165) is 11.1 Å².